The summed E-state index contributed by atoms with van der Waals surface area (Å²) in [6, 6.07) is 6.65. The fourth-order valence-corrected chi connectivity index (χ4v) is 2.93. The van der Waals surface area contributed by atoms with E-state index in [-0.39, 0.29) is 0 Å². The average molecular weight is 243 g/mol. The molecule has 0 saturated heterocycles. The molecule has 0 bridgehead atoms. The van der Waals surface area contributed by atoms with E-state index >= 15 is 0 Å². The van der Waals surface area contributed by atoms with Crippen LogP contribution >= 0.6 is 0 Å². The van der Waals surface area contributed by atoms with Crippen molar-refractivity contribution in [2.24, 2.45) is 11.7 Å². The van der Waals surface area contributed by atoms with E-state index in [4.69, 9.17) is 5.73 Å². The lowest BCUT2D eigenvalue weighted by Crippen LogP contribution is -2.16. The molecule has 1 heteroatoms. The normalized spacial score (nSPS) is 18.1. The van der Waals surface area contributed by atoms with Crippen LogP contribution in [-0.4, -0.2) is 6.54 Å². The molecule has 1 saturated carbocycles. The zero-order valence-electron chi connectivity index (χ0n) is 11.7. The van der Waals surface area contributed by atoms with Gasteiger partial charge in [-0.15, -0.1) is 0 Å². The number of nitrogens with two attached hydrogens (primary N) is 1. The van der Waals surface area contributed by atoms with E-state index in [0.29, 0.717) is 6.54 Å². The summed E-state index contributed by atoms with van der Waals surface area (Å²) < 4.78 is 0. The van der Waals surface area contributed by atoms with Crippen LogP contribution in [0.4, 0.5) is 0 Å². The van der Waals surface area contributed by atoms with Crippen molar-refractivity contribution in [3.8, 4) is 0 Å². The summed E-state index contributed by atoms with van der Waals surface area (Å²) in [7, 11) is 0. The predicted octanol–water partition coefficient (Wildman–Crippen LogP) is 4.23. The number of hydrogen-bond donors (Lipinski definition) is 1. The smallest absolute Gasteiger partial charge is 0.0142 e. The Kier molecular flexibility index (Phi) is 4.60. The summed E-state index contributed by atoms with van der Waals surface area (Å²) in [6.07, 6.45) is 9.14. The lowest BCUT2D eigenvalue weighted by Gasteiger charge is -2.24. The van der Waals surface area contributed by atoms with Crippen LogP contribution in [0.15, 0.2) is 23.8 Å². The Morgan fingerprint density at radius 3 is 2.61 bits per heavy atom. The first-order chi connectivity index (χ1) is 8.70. The van der Waals surface area contributed by atoms with Gasteiger partial charge in [0.05, 0.1) is 0 Å². The second-order valence-corrected chi connectivity index (χ2v) is 5.62. The van der Waals surface area contributed by atoms with Crippen LogP contribution in [0, 0.1) is 19.8 Å². The van der Waals surface area contributed by atoms with Crippen LogP contribution in [0.1, 0.15) is 48.8 Å². The third-order valence-electron chi connectivity index (χ3n) is 4.14. The Balaban J connectivity index is 2.24. The zero-order valence-corrected chi connectivity index (χ0v) is 11.7. The highest BCUT2D eigenvalue weighted by atomic mass is 14.5. The molecule has 1 fully saturated rings. The Hall–Kier alpha value is -1.08. The van der Waals surface area contributed by atoms with E-state index < -0.39 is 0 Å². The van der Waals surface area contributed by atoms with Crippen LogP contribution in [0.2, 0.25) is 0 Å². The SMILES string of the molecule is Cc1ccc(C)c(C=C(CN)C2CCCCC2)c1. The van der Waals surface area contributed by atoms with Crippen LogP contribution < -0.4 is 5.73 Å². The van der Waals surface area contributed by atoms with Crippen molar-refractivity contribution in [2.75, 3.05) is 6.54 Å². The minimum Gasteiger partial charge on any atom is -0.327 e. The van der Waals surface area contributed by atoms with Crippen LogP contribution in [0.5, 0.6) is 0 Å². The molecule has 1 aliphatic rings. The van der Waals surface area contributed by atoms with Gasteiger partial charge in [0.25, 0.3) is 0 Å². The van der Waals surface area contributed by atoms with Gasteiger partial charge in [-0.2, -0.15) is 0 Å². The van der Waals surface area contributed by atoms with Gasteiger partial charge < -0.3 is 5.73 Å². The largest absolute Gasteiger partial charge is 0.327 e. The van der Waals surface area contributed by atoms with Crippen molar-refractivity contribution in [1.82, 2.24) is 0 Å². The maximum atomic E-state index is 5.97. The van der Waals surface area contributed by atoms with Gasteiger partial charge in [-0.3, -0.25) is 0 Å². The van der Waals surface area contributed by atoms with Gasteiger partial charge in [0.15, 0.2) is 0 Å². The highest BCUT2D eigenvalue weighted by Crippen LogP contribution is 2.30. The second kappa shape index (κ2) is 6.19. The molecule has 1 aromatic rings. The van der Waals surface area contributed by atoms with Crippen LogP contribution in [0.3, 0.4) is 0 Å². The summed E-state index contributed by atoms with van der Waals surface area (Å²) in [5, 5.41) is 0. The number of benzene rings is 1. The van der Waals surface area contributed by atoms with Crippen molar-refractivity contribution < 1.29 is 0 Å². The van der Waals surface area contributed by atoms with Gasteiger partial charge in [-0.05, 0) is 43.7 Å². The topological polar surface area (TPSA) is 26.0 Å². The molecule has 0 amide bonds. The minimum atomic E-state index is 0.706. The van der Waals surface area contributed by atoms with Crippen LogP contribution in [0.25, 0.3) is 6.08 Å². The molecular weight excluding hydrogens is 218 g/mol. The van der Waals surface area contributed by atoms with Crippen molar-refractivity contribution in [3.63, 3.8) is 0 Å². The fourth-order valence-electron chi connectivity index (χ4n) is 2.93. The van der Waals surface area contributed by atoms with E-state index in [0.717, 1.165) is 5.92 Å². The summed E-state index contributed by atoms with van der Waals surface area (Å²) in [5.74, 6) is 0.726. The Labute approximate surface area is 111 Å². The fraction of sp³-hybridized carbons (Fsp3) is 0.529. The lowest BCUT2D eigenvalue weighted by atomic mass is 9.82. The molecule has 1 aromatic carbocycles. The van der Waals surface area contributed by atoms with E-state index in [9.17, 15) is 0 Å². The van der Waals surface area contributed by atoms with Gasteiger partial charge in [-0.25, -0.2) is 0 Å². The monoisotopic (exact) mass is 243 g/mol. The van der Waals surface area contributed by atoms with E-state index in [2.05, 4.69) is 38.1 Å². The highest BCUT2D eigenvalue weighted by molar-refractivity contribution is 5.58. The molecule has 0 spiro atoms. The third-order valence-corrected chi connectivity index (χ3v) is 4.14. The molecule has 1 aliphatic carbocycles. The molecule has 2 N–H and O–H groups in total. The van der Waals surface area contributed by atoms with E-state index in [1.54, 1.807) is 0 Å². The summed E-state index contributed by atoms with van der Waals surface area (Å²) >= 11 is 0. The molecule has 0 atom stereocenters. The molecular formula is C17H25N. The standard InChI is InChI=1S/C17H25N/c1-13-8-9-14(2)16(10-13)11-17(12-18)15-6-4-3-5-7-15/h8-11,15H,3-7,12,18H2,1-2H3. The molecule has 0 radical (unpaired) electrons. The molecule has 0 unspecified atom stereocenters. The quantitative estimate of drug-likeness (QED) is 0.845. The van der Waals surface area contributed by atoms with Crippen molar-refractivity contribution in [1.29, 1.82) is 0 Å². The molecule has 1 nitrogen and oxygen atoms in total. The minimum absolute atomic E-state index is 0.706. The van der Waals surface area contributed by atoms with Gasteiger partial charge >= 0.3 is 0 Å². The first-order valence-corrected chi connectivity index (χ1v) is 7.18. The summed E-state index contributed by atoms with van der Waals surface area (Å²) in [5.41, 5.74) is 11.4. The van der Waals surface area contributed by atoms with Crippen molar-refractivity contribution >= 4 is 6.08 Å². The van der Waals surface area contributed by atoms with Gasteiger partial charge in [0.1, 0.15) is 0 Å². The van der Waals surface area contributed by atoms with Crippen LogP contribution in [-0.2, 0) is 0 Å². The highest BCUT2D eigenvalue weighted by Gasteiger charge is 2.16. The van der Waals surface area contributed by atoms with E-state index in [1.165, 1.54) is 54.4 Å². The van der Waals surface area contributed by atoms with Crippen molar-refractivity contribution in [2.45, 2.75) is 46.0 Å². The zero-order chi connectivity index (χ0) is 13.0. The molecule has 0 heterocycles. The summed E-state index contributed by atoms with van der Waals surface area (Å²) in [6.45, 7) is 5.04. The van der Waals surface area contributed by atoms with Gasteiger partial charge in [0.2, 0.25) is 0 Å². The van der Waals surface area contributed by atoms with Gasteiger partial charge in [-0.1, -0.05) is 54.7 Å². The molecule has 98 valence electrons. The average Bonchev–Trinajstić information content (AvgIpc) is 2.41. The first-order valence-electron chi connectivity index (χ1n) is 7.18. The number of aryl methyl sites for hydroxylation is 2. The Morgan fingerprint density at radius 1 is 1.22 bits per heavy atom. The van der Waals surface area contributed by atoms with Gasteiger partial charge in [0, 0.05) is 6.54 Å². The second-order valence-electron chi connectivity index (χ2n) is 5.62. The molecule has 0 aliphatic heterocycles. The number of rotatable bonds is 3. The molecule has 0 aromatic heterocycles. The maximum Gasteiger partial charge on any atom is 0.0142 e. The number of hydrogen-bond acceptors (Lipinski definition) is 1. The Morgan fingerprint density at radius 2 is 1.94 bits per heavy atom. The third kappa shape index (κ3) is 3.23. The summed E-state index contributed by atoms with van der Waals surface area (Å²) in [4.78, 5) is 0. The first kappa shape index (κ1) is 13.4. The molecule has 2 rings (SSSR count). The maximum absolute atomic E-state index is 5.97. The molecule has 18 heavy (non-hydrogen) atoms. The lowest BCUT2D eigenvalue weighted by molar-refractivity contribution is 0.401. The Bertz CT molecular complexity index is 425. The van der Waals surface area contributed by atoms with E-state index in [1.807, 2.05) is 0 Å². The van der Waals surface area contributed by atoms with Crippen molar-refractivity contribution in [3.05, 3.63) is 40.5 Å². The predicted molar refractivity (Wildman–Crippen MR) is 79.5 cm³/mol.